The van der Waals surface area contributed by atoms with E-state index in [2.05, 4.69) is 32.0 Å². The number of benzene rings is 1. The lowest BCUT2D eigenvalue weighted by atomic mass is 9.88. The normalized spacial score (nSPS) is 15.5. The number of carbonyl (C=O) groups excluding carboxylic acids is 1. The van der Waals surface area contributed by atoms with Crippen molar-refractivity contribution in [1.82, 2.24) is 0 Å². The van der Waals surface area contributed by atoms with E-state index in [1.54, 1.807) is 0 Å². The molecule has 15 heavy (non-hydrogen) atoms. The summed E-state index contributed by atoms with van der Waals surface area (Å²) in [6.45, 7) is 4.48. The molecule has 0 aliphatic heterocycles. The molecule has 2 rings (SSSR count). The minimum absolute atomic E-state index is 0.388. The highest BCUT2D eigenvalue weighted by Gasteiger charge is 2.15. The van der Waals surface area contributed by atoms with Crippen LogP contribution in [0.4, 0.5) is 0 Å². The molecular weight excluding hydrogens is 184 g/mol. The average molecular weight is 202 g/mol. The van der Waals surface area contributed by atoms with Gasteiger partial charge in [-0.3, -0.25) is 4.79 Å². The molecule has 0 bridgehead atoms. The summed E-state index contributed by atoms with van der Waals surface area (Å²) >= 11 is 0. The third-order valence-corrected chi connectivity index (χ3v) is 2.98. The molecule has 0 heterocycles. The van der Waals surface area contributed by atoms with Gasteiger partial charge in [0, 0.05) is 12.8 Å². The first-order valence-corrected chi connectivity index (χ1v) is 5.77. The number of ketones is 1. The van der Waals surface area contributed by atoms with Gasteiger partial charge in [-0.25, -0.2) is 0 Å². The molecule has 0 unspecified atom stereocenters. The Hall–Kier alpha value is -1.11. The first-order valence-electron chi connectivity index (χ1n) is 5.77. The van der Waals surface area contributed by atoms with Crippen molar-refractivity contribution in [2.75, 3.05) is 0 Å². The molecule has 1 aromatic carbocycles. The van der Waals surface area contributed by atoms with Crippen molar-refractivity contribution in [2.24, 2.45) is 5.92 Å². The Kier molecular flexibility index (Phi) is 2.90. The molecule has 0 saturated carbocycles. The largest absolute Gasteiger partial charge is 0.299 e. The van der Waals surface area contributed by atoms with E-state index in [1.165, 1.54) is 16.7 Å². The number of carbonyl (C=O) groups is 1. The number of fused-ring (bicyclic) bond motifs is 1. The zero-order chi connectivity index (χ0) is 10.8. The van der Waals surface area contributed by atoms with Gasteiger partial charge in [-0.15, -0.1) is 0 Å². The summed E-state index contributed by atoms with van der Waals surface area (Å²) in [7, 11) is 0. The molecule has 1 heteroatoms. The predicted octanol–water partition coefficient (Wildman–Crippen LogP) is 2.94. The number of rotatable bonds is 2. The van der Waals surface area contributed by atoms with Crippen molar-refractivity contribution in [2.45, 2.75) is 39.5 Å². The fourth-order valence-electron chi connectivity index (χ4n) is 2.26. The Labute approximate surface area is 91.5 Å². The van der Waals surface area contributed by atoms with E-state index in [0.29, 0.717) is 18.1 Å². The predicted molar refractivity (Wildman–Crippen MR) is 62.0 cm³/mol. The van der Waals surface area contributed by atoms with E-state index >= 15 is 0 Å². The fourth-order valence-corrected chi connectivity index (χ4v) is 2.26. The molecule has 1 nitrogen and oxygen atoms in total. The summed E-state index contributed by atoms with van der Waals surface area (Å²) in [6, 6.07) is 6.61. The van der Waals surface area contributed by atoms with Crippen LogP contribution in [0.25, 0.3) is 0 Å². The average Bonchev–Trinajstić information content (AvgIpc) is 2.17. The van der Waals surface area contributed by atoms with E-state index in [1.807, 2.05) is 0 Å². The molecule has 0 N–H and O–H groups in total. The zero-order valence-corrected chi connectivity index (χ0v) is 9.55. The van der Waals surface area contributed by atoms with Crippen LogP contribution in [-0.2, 0) is 24.1 Å². The molecule has 1 aliphatic carbocycles. The van der Waals surface area contributed by atoms with Gasteiger partial charge in [-0.1, -0.05) is 32.0 Å². The SMILES string of the molecule is CC(C)Cc1ccc2c(c1)CCC(=O)C2. The molecule has 0 aromatic heterocycles. The number of Topliss-reactive ketones (excluding diaryl/α,β-unsaturated/α-hetero) is 1. The fraction of sp³-hybridized carbons (Fsp3) is 0.500. The maximum atomic E-state index is 11.3. The molecular formula is C14H18O. The summed E-state index contributed by atoms with van der Waals surface area (Å²) in [6.07, 6.45) is 3.47. The van der Waals surface area contributed by atoms with Crippen molar-refractivity contribution in [3.05, 3.63) is 34.9 Å². The maximum Gasteiger partial charge on any atom is 0.137 e. The van der Waals surface area contributed by atoms with Crippen LogP contribution in [0.3, 0.4) is 0 Å². The second-order valence-electron chi connectivity index (χ2n) is 4.92. The van der Waals surface area contributed by atoms with Crippen molar-refractivity contribution >= 4 is 5.78 Å². The third kappa shape index (κ3) is 2.47. The molecule has 80 valence electrons. The molecule has 0 atom stereocenters. The first-order chi connectivity index (χ1) is 7.15. The monoisotopic (exact) mass is 202 g/mol. The molecule has 0 saturated heterocycles. The van der Waals surface area contributed by atoms with Crippen LogP contribution in [0.5, 0.6) is 0 Å². The quantitative estimate of drug-likeness (QED) is 0.720. The van der Waals surface area contributed by atoms with Gasteiger partial charge in [-0.2, -0.15) is 0 Å². The Bertz CT molecular complexity index is 377. The smallest absolute Gasteiger partial charge is 0.137 e. The van der Waals surface area contributed by atoms with Gasteiger partial charge in [0.2, 0.25) is 0 Å². The Balaban J connectivity index is 2.23. The van der Waals surface area contributed by atoms with Gasteiger partial charge < -0.3 is 0 Å². The number of aryl methyl sites for hydroxylation is 1. The maximum absolute atomic E-state index is 11.3. The number of hydrogen-bond acceptors (Lipinski definition) is 1. The van der Waals surface area contributed by atoms with Crippen LogP contribution < -0.4 is 0 Å². The van der Waals surface area contributed by atoms with Crippen molar-refractivity contribution in [3.8, 4) is 0 Å². The lowest BCUT2D eigenvalue weighted by Gasteiger charge is -2.16. The van der Waals surface area contributed by atoms with Crippen LogP contribution in [0.2, 0.25) is 0 Å². The van der Waals surface area contributed by atoms with Gasteiger partial charge in [0.1, 0.15) is 5.78 Å². The minimum Gasteiger partial charge on any atom is -0.299 e. The molecule has 0 amide bonds. The van der Waals surface area contributed by atoms with Gasteiger partial charge in [0.25, 0.3) is 0 Å². The van der Waals surface area contributed by atoms with E-state index in [9.17, 15) is 4.79 Å². The van der Waals surface area contributed by atoms with E-state index in [0.717, 1.165) is 19.3 Å². The molecule has 0 radical (unpaired) electrons. The topological polar surface area (TPSA) is 17.1 Å². The minimum atomic E-state index is 0.388. The molecule has 0 spiro atoms. The third-order valence-electron chi connectivity index (χ3n) is 2.98. The summed E-state index contributed by atoms with van der Waals surface area (Å²) in [5.74, 6) is 1.09. The van der Waals surface area contributed by atoms with Gasteiger partial charge in [-0.05, 0) is 35.4 Å². The van der Waals surface area contributed by atoms with E-state index in [-0.39, 0.29) is 0 Å². The van der Waals surface area contributed by atoms with Crippen molar-refractivity contribution in [1.29, 1.82) is 0 Å². The second-order valence-corrected chi connectivity index (χ2v) is 4.92. The van der Waals surface area contributed by atoms with Crippen LogP contribution in [0.1, 0.15) is 37.0 Å². The Morgan fingerprint density at radius 2 is 2.00 bits per heavy atom. The summed E-state index contributed by atoms with van der Waals surface area (Å²) < 4.78 is 0. The number of hydrogen-bond donors (Lipinski definition) is 0. The lowest BCUT2D eigenvalue weighted by Crippen LogP contribution is -2.13. The van der Waals surface area contributed by atoms with Crippen LogP contribution >= 0.6 is 0 Å². The highest BCUT2D eigenvalue weighted by Crippen LogP contribution is 2.21. The summed E-state index contributed by atoms with van der Waals surface area (Å²) in [5, 5.41) is 0. The first kappa shape index (κ1) is 10.4. The van der Waals surface area contributed by atoms with E-state index < -0.39 is 0 Å². The summed E-state index contributed by atoms with van der Waals surface area (Å²) in [5.41, 5.74) is 4.06. The lowest BCUT2D eigenvalue weighted by molar-refractivity contribution is -0.118. The van der Waals surface area contributed by atoms with Gasteiger partial charge in [0.05, 0.1) is 0 Å². The standard InChI is InChI=1S/C14H18O/c1-10(2)7-11-3-4-13-9-14(15)6-5-12(13)8-11/h3-4,8,10H,5-7,9H2,1-2H3. The van der Waals surface area contributed by atoms with Crippen molar-refractivity contribution in [3.63, 3.8) is 0 Å². The molecule has 0 fully saturated rings. The van der Waals surface area contributed by atoms with Crippen LogP contribution in [0.15, 0.2) is 18.2 Å². The zero-order valence-electron chi connectivity index (χ0n) is 9.55. The van der Waals surface area contributed by atoms with Crippen LogP contribution in [0, 0.1) is 5.92 Å². The van der Waals surface area contributed by atoms with E-state index in [4.69, 9.17) is 0 Å². The highest BCUT2D eigenvalue weighted by molar-refractivity contribution is 5.83. The highest BCUT2D eigenvalue weighted by atomic mass is 16.1. The van der Waals surface area contributed by atoms with Gasteiger partial charge >= 0.3 is 0 Å². The molecule has 1 aliphatic rings. The van der Waals surface area contributed by atoms with Crippen molar-refractivity contribution < 1.29 is 4.79 Å². The molecule has 1 aromatic rings. The van der Waals surface area contributed by atoms with Crippen LogP contribution in [-0.4, -0.2) is 5.78 Å². The van der Waals surface area contributed by atoms with Gasteiger partial charge in [0.15, 0.2) is 0 Å². The summed E-state index contributed by atoms with van der Waals surface area (Å²) in [4.78, 5) is 11.3. The Morgan fingerprint density at radius 3 is 2.73 bits per heavy atom. The Morgan fingerprint density at radius 1 is 1.20 bits per heavy atom. The second kappa shape index (κ2) is 4.18.